The molecule has 0 spiro atoms. The predicted octanol–water partition coefficient (Wildman–Crippen LogP) is 2.27. The first kappa shape index (κ1) is 13.0. The van der Waals surface area contributed by atoms with Crippen LogP contribution in [0.1, 0.15) is 5.82 Å². The third-order valence-corrected chi connectivity index (χ3v) is 3.07. The maximum atomic E-state index is 12.2. The van der Waals surface area contributed by atoms with Crippen LogP contribution in [0.5, 0.6) is 0 Å². The van der Waals surface area contributed by atoms with E-state index in [1.165, 1.54) is 18.4 Å². The monoisotopic (exact) mass is 276 g/mol. The SMILES string of the molecule is CN(Cc1nc(N)c2ccsc2n1)CC(F)(F)F. The van der Waals surface area contributed by atoms with E-state index in [-0.39, 0.29) is 6.54 Å². The van der Waals surface area contributed by atoms with Crippen LogP contribution in [0.3, 0.4) is 0 Å². The molecule has 2 N–H and O–H groups in total. The van der Waals surface area contributed by atoms with Crippen molar-refractivity contribution in [2.45, 2.75) is 12.7 Å². The summed E-state index contributed by atoms with van der Waals surface area (Å²) < 4.78 is 36.6. The van der Waals surface area contributed by atoms with Gasteiger partial charge in [0.15, 0.2) is 0 Å². The van der Waals surface area contributed by atoms with Gasteiger partial charge in [-0.1, -0.05) is 0 Å². The van der Waals surface area contributed by atoms with E-state index in [0.717, 1.165) is 10.3 Å². The van der Waals surface area contributed by atoms with Crippen molar-refractivity contribution in [3.05, 3.63) is 17.3 Å². The minimum absolute atomic E-state index is 0.0115. The van der Waals surface area contributed by atoms with E-state index in [9.17, 15) is 13.2 Å². The molecule has 0 aliphatic rings. The highest BCUT2D eigenvalue weighted by molar-refractivity contribution is 7.16. The number of thiophene rings is 1. The molecule has 0 saturated carbocycles. The second-order valence-corrected chi connectivity index (χ2v) is 4.85. The molecule has 0 amide bonds. The second kappa shape index (κ2) is 4.69. The summed E-state index contributed by atoms with van der Waals surface area (Å²) >= 11 is 1.38. The lowest BCUT2D eigenvalue weighted by Gasteiger charge is -2.17. The van der Waals surface area contributed by atoms with Crippen molar-refractivity contribution in [1.29, 1.82) is 0 Å². The molecule has 0 aromatic carbocycles. The molecule has 4 nitrogen and oxygen atoms in total. The van der Waals surface area contributed by atoms with Crippen molar-refractivity contribution in [3.63, 3.8) is 0 Å². The zero-order valence-electron chi connectivity index (χ0n) is 9.53. The van der Waals surface area contributed by atoms with Gasteiger partial charge in [0, 0.05) is 0 Å². The minimum Gasteiger partial charge on any atom is -0.383 e. The normalized spacial score (nSPS) is 12.5. The van der Waals surface area contributed by atoms with Crippen molar-refractivity contribution in [3.8, 4) is 0 Å². The average molecular weight is 276 g/mol. The number of nitrogens with zero attached hydrogens (tertiary/aromatic N) is 3. The Hall–Kier alpha value is -1.41. The third kappa shape index (κ3) is 3.08. The van der Waals surface area contributed by atoms with Crippen LogP contribution in [-0.4, -0.2) is 34.6 Å². The Balaban J connectivity index is 2.16. The second-order valence-electron chi connectivity index (χ2n) is 3.95. The molecule has 0 saturated heterocycles. The summed E-state index contributed by atoms with van der Waals surface area (Å²) in [5.74, 6) is 0.603. The van der Waals surface area contributed by atoms with Crippen LogP contribution in [0.15, 0.2) is 11.4 Å². The topological polar surface area (TPSA) is 55.0 Å². The Morgan fingerprint density at radius 1 is 1.39 bits per heavy atom. The molecule has 2 aromatic rings. The Bertz CT molecular complexity index is 552. The number of rotatable bonds is 3. The molecule has 0 aliphatic carbocycles. The molecular formula is C10H11F3N4S. The van der Waals surface area contributed by atoms with Gasteiger partial charge in [0.25, 0.3) is 0 Å². The summed E-state index contributed by atoms with van der Waals surface area (Å²) in [4.78, 5) is 9.99. The number of nitrogen functional groups attached to an aromatic ring is 1. The van der Waals surface area contributed by atoms with Gasteiger partial charge < -0.3 is 5.73 Å². The highest BCUT2D eigenvalue weighted by atomic mass is 32.1. The van der Waals surface area contributed by atoms with Gasteiger partial charge in [0.1, 0.15) is 16.5 Å². The molecule has 0 aliphatic heterocycles. The molecule has 0 atom stereocenters. The number of alkyl halides is 3. The summed E-state index contributed by atoms with van der Waals surface area (Å²) in [5, 5.41) is 2.56. The molecule has 0 bridgehead atoms. The quantitative estimate of drug-likeness (QED) is 0.934. The van der Waals surface area contributed by atoms with Crippen LogP contribution < -0.4 is 5.73 Å². The fourth-order valence-electron chi connectivity index (χ4n) is 1.60. The summed E-state index contributed by atoms with van der Waals surface area (Å²) in [5.41, 5.74) is 5.72. The molecule has 18 heavy (non-hydrogen) atoms. The van der Waals surface area contributed by atoms with Crippen LogP contribution in [0.25, 0.3) is 10.2 Å². The number of fused-ring (bicyclic) bond motifs is 1. The van der Waals surface area contributed by atoms with Crippen molar-refractivity contribution >= 4 is 27.4 Å². The van der Waals surface area contributed by atoms with Crippen molar-refractivity contribution in [2.75, 3.05) is 19.3 Å². The fraction of sp³-hybridized carbons (Fsp3) is 0.400. The van der Waals surface area contributed by atoms with Crippen LogP contribution >= 0.6 is 11.3 Å². The van der Waals surface area contributed by atoms with Gasteiger partial charge in [-0.05, 0) is 18.5 Å². The van der Waals surface area contributed by atoms with Gasteiger partial charge in [0.05, 0.1) is 18.5 Å². The van der Waals surface area contributed by atoms with Crippen LogP contribution in [0, 0.1) is 0 Å². The third-order valence-electron chi connectivity index (χ3n) is 2.26. The van der Waals surface area contributed by atoms with Gasteiger partial charge in [-0.3, -0.25) is 4.90 Å². The molecule has 0 fully saturated rings. The number of hydrogen-bond donors (Lipinski definition) is 1. The fourth-order valence-corrected chi connectivity index (χ4v) is 2.39. The van der Waals surface area contributed by atoms with Crippen LogP contribution in [0.4, 0.5) is 19.0 Å². The van der Waals surface area contributed by atoms with E-state index in [2.05, 4.69) is 9.97 Å². The number of hydrogen-bond acceptors (Lipinski definition) is 5. The van der Waals surface area contributed by atoms with Gasteiger partial charge in [-0.25, -0.2) is 9.97 Å². The highest BCUT2D eigenvalue weighted by Crippen LogP contribution is 2.23. The summed E-state index contributed by atoms with van der Waals surface area (Å²) in [7, 11) is 1.37. The van der Waals surface area contributed by atoms with Crippen LogP contribution in [-0.2, 0) is 6.54 Å². The lowest BCUT2D eigenvalue weighted by molar-refractivity contribution is -0.144. The summed E-state index contributed by atoms with van der Waals surface area (Å²) in [6.07, 6.45) is -4.23. The number of aromatic nitrogens is 2. The molecule has 2 aromatic heterocycles. The van der Waals surface area contributed by atoms with E-state index in [0.29, 0.717) is 16.5 Å². The highest BCUT2D eigenvalue weighted by Gasteiger charge is 2.29. The van der Waals surface area contributed by atoms with Crippen molar-refractivity contribution in [1.82, 2.24) is 14.9 Å². The molecule has 2 rings (SSSR count). The first-order valence-corrected chi connectivity index (χ1v) is 5.98. The van der Waals surface area contributed by atoms with Crippen molar-refractivity contribution in [2.24, 2.45) is 0 Å². The largest absolute Gasteiger partial charge is 0.401 e. The van der Waals surface area contributed by atoms with Gasteiger partial charge in [-0.2, -0.15) is 13.2 Å². The van der Waals surface area contributed by atoms with Gasteiger partial charge >= 0.3 is 6.18 Å². The number of halogens is 3. The van der Waals surface area contributed by atoms with E-state index in [4.69, 9.17) is 5.73 Å². The number of nitrogens with two attached hydrogens (primary N) is 1. The van der Waals surface area contributed by atoms with Crippen molar-refractivity contribution < 1.29 is 13.2 Å². The zero-order valence-corrected chi connectivity index (χ0v) is 10.3. The van der Waals surface area contributed by atoms with E-state index >= 15 is 0 Å². The minimum atomic E-state index is -4.23. The van der Waals surface area contributed by atoms with Gasteiger partial charge in [-0.15, -0.1) is 11.3 Å². The molecule has 2 heterocycles. The standard InChI is InChI=1S/C10H11F3N4S/c1-17(5-10(11,12)13)4-7-15-8(14)6-2-3-18-9(6)16-7/h2-3H,4-5H2,1H3,(H2,14,15,16). The maximum Gasteiger partial charge on any atom is 0.401 e. The molecule has 98 valence electrons. The maximum absolute atomic E-state index is 12.2. The van der Waals surface area contributed by atoms with E-state index in [1.807, 2.05) is 5.38 Å². The molecule has 8 heteroatoms. The molecule has 0 unspecified atom stereocenters. The van der Waals surface area contributed by atoms with E-state index < -0.39 is 12.7 Å². The lowest BCUT2D eigenvalue weighted by Crippen LogP contribution is -2.31. The number of anilines is 1. The predicted molar refractivity (Wildman–Crippen MR) is 64.2 cm³/mol. The molecular weight excluding hydrogens is 265 g/mol. The smallest absolute Gasteiger partial charge is 0.383 e. The lowest BCUT2D eigenvalue weighted by atomic mass is 10.3. The van der Waals surface area contributed by atoms with Crippen LogP contribution in [0.2, 0.25) is 0 Å². The summed E-state index contributed by atoms with van der Waals surface area (Å²) in [6.45, 7) is -0.990. The summed E-state index contributed by atoms with van der Waals surface area (Å²) in [6, 6.07) is 1.79. The Labute approximate surface area is 105 Å². The first-order valence-electron chi connectivity index (χ1n) is 5.10. The van der Waals surface area contributed by atoms with E-state index in [1.54, 1.807) is 6.07 Å². The Morgan fingerprint density at radius 3 is 2.78 bits per heavy atom. The first-order chi connectivity index (χ1) is 8.35. The van der Waals surface area contributed by atoms with Gasteiger partial charge in [0.2, 0.25) is 0 Å². The Morgan fingerprint density at radius 2 is 2.11 bits per heavy atom. The zero-order chi connectivity index (χ0) is 13.3. The Kier molecular flexibility index (Phi) is 3.40. The molecule has 0 radical (unpaired) electrons. The average Bonchev–Trinajstić information content (AvgIpc) is 2.62.